The van der Waals surface area contributed by atoms with Gasteiger partial charge in [-0.25, -0.2) is 14.1 Å². The van der Waals surface area contributed by atoms with Crippen LogP contribution in [0, 0.1) is 5.82 Å². The first-order valence-corrected chi connectivity index (χ1v) is 11.9. The molecule has 180 valence electrons. The van der Waals surface area contributed by atoms with E-state index in [9.17, 15) is 23.6 Å². The molecule has 0 spiro atoms. The molecule has 1 fully saturated rings. The Morgan fingerprint density at radius 2 is 1.81 bits per heavy atom. The lowest BCUT2D eigenvalue weighted by molar-refractivity contribution is -0.121. The molecular weight excluding hydrogens is 483 g/mol. The maximum Gasteiger partial charge on any atom is 0.339 e. The number of H-pyrrole nitrogens is 1. The molecule has 0 radical (unpaired) electrons. The molecule has 3 aromatic carbocycles. The smallest absolute Gasteiger partial charge is 0.339 e. The molecule has 2 heterocycles. The predicted molar refractivity (Wildman–Crippen MR) is 133 cm³/mol. The van der Waals surface area contributed by atoms with Gasteiger partial charge in [0.25, 0.3) is 0 Å². The van der Waals surface area contributed by atoms with Crippen molar-refractivity contribution in [2.24, 2.45) is 0 Å². The monoisotopic (exact) mass is 502 g/mol. The number of rotatable bonds is 7. The summed E-state index contributed by atoms with van der Waals surface area (Å²) in [4.78, 5) is 55.6. The summed E-state index contributed by atoms with van der Waals surface area (Å²) in [6, 6.07) is 18.7. The van der Waals surface area contributed by atoms with Gasteiger partial charge in [-0.1, -0.05) is 18.2 Å². The van der Waals surface area contributed by atoms with E-state index in [0.717, 1.165) is 34.8 Å². The van der Waals surface area contributed by atoms with Crippen molar-refractivity contribution >= 4 is 51.9 Å². The number of carbonyl (C=O) groups excluding carboxylic acids is 4. The van der Waals surface area contributed by atoms with Crippen molar-refractivity contribution in [3.63, 3.8) is 0 Å². The first kappa shape index (κ1) is 23.5. The molecule has 1 aliphatic heterocycles. The molecular formula is C27H19FN2O5S. The summed E-state index contributed by atoms with van der Waals surface area (Å²) >= 11 is 1.11. The fourth-order valence-electron chi connectivity index (χ4n) is 3.96. The van der Waals surface area contributed by atoms with Crippen LogP contribution in [-0.4, -0.2) is 40.4 Å². The van der Waals surface area contributed by atoms with Crippen molar-refractivity contribution < 1.29 is 28.3 Å². The number of imide groups is 1. The van der Waals surface area contributed by atoms with Gasteiger partial charge in [0.2, 0.25) is 11.8 Å². The van der Waals surface area contributed by atoms with Gasteiger partial charge in [0.05, 0.1) is 16.5 Å². The zero-order valence-corrected chi connectivity index (χ0v) is 19.6. The number of nitrogens with one attached hydrogen (secondary N) is 1. The number of carbonyl (C=O) groups is 4. The highest BCUT2D eigenvalue weighted by Crippen LogP contribution is 2.36. The highest BCUT2D eigenvalue weighted by atomic mass is 32.2. The van der Waals surface area contributed by atoms with Gasteiger partial charge < -0.3 is 9.72 Å². The van der Waals surface area contributed by atoms with Gasteiger partial charge in [0.15, 0.2) is 12.4 Å². The molecule has 4 aromatic rings. The van der Waals surface area contributed by atoms with Gasteiger partial charge in [-0.2, -0.15) is 0 Å². The van der Waals surface area contributed by atoms with Crippen molar-refractivity contribution in [1.82, 2.24) is 4.98 Å². The van der Waals surface area contributed by atoms with Gasteiger partial charge >= 0.3 is 5.97 Å². The average molecular weight is 503 g/mol. The number of aromatic nitrogens is 1. The number of aromatic amines is 1. The summed E-state index contributed by atoms with van der Waals surface area (Å²) in [5.74, 6) is -2.38. The Balaban J connectivity index is 1.29. The van der Waals surface area contributed by atoms with Gasteiger partial charge in [0.1, 0.15) is 5.82 Å². The second-order valence-electron chi connectivity index (χ2n) is 8.13. The summed E-state index contributed by atoms with van der Waals surface area (Å²) in [5.41, 5.74) is 1.70. The summed E-state index contributed by atoms with van der Waals surface area (Å²) in [6.45, 7) is -0.515. The molecule has 2 amide bonds. The number of benzene rings is 3. The van der Waals surface area contributed by atoms with Crippen LogP contribution in [0.25, 0.3) is 10.9 Å². The van der Waals surface area contributed by atoms with Crippen LogP contribution in [0.5, 0.6) is 0 Å². The van der Waals surface area contributed by atoms with Crippen molar-refractivity contribution in [3.8, 4) is 0 Å². The van der Waals surface area contributed by atoms with Crippen molar-refractivity contribution in [1.29, 1.82) is 0 Å². The van der Waals surface area contributed by atoms with Gasteiger partial charge in [-0.15, -0.1) is 11.8 Å². The van der Waals surface area contributed by atoms with E-state index >= 15 is 0 Å². The molecule has 9 heteroatoms. The number of amides is 2. The number of hydrogen-bond acceptors (Lipinski definition) is 6. The Morgan fingerprint density at radius 1 is 1.03 bits per heavy atom. The standard InChI is InChI=1S/C27H19FN2O5S/c28-18-8-5-17(6-9-18)22(31)15-35-27(34)20-3-1-2-4-23(20)36-24-14-25(32)30(26(24)33)19-10-7-16-11-12-29-21(16)13-19/h1-13,24,29H,14-15H2. The van der Waals surface area contributed by atoms with E-state index in [2.05, 4.69) is 4.98 Å². The van der Waals surface area contributed by atoms with Crippen molar-refractivity contribution in [3.05, 3.63) is 95.9 Å². The summed E-state index contributed by atoms with van der Waals surface area (Å²) in [6.07, 6.45) is 1.77. The molecule has 5 rings (SSSR count). The minimum atomic E-state index is -0.737. The molecule has 1 aromatic heterocycles. The van der Waals surface area contributed by atoms with Gasteiger partial charge in [-0.3, -0.25) is 14.4 Å². The largest absolute Gasteiger partial charge is 0.454 e. The van der Waals surface area contributed by atoms with E-state index in [4.69, 9.17) is 4.74 Å². The molecule has 0 bridgehead atoms. The predicted octanol–water partition coefficient (Wildman–Crippen LogP) is 4.77. The molecule has 1 atom stereocenters. The number of esters is 1. The second kappa shape index (κ2) is 9.79. The molecule has 36 heavy (non-hydrogen) atoms. The molecule has 0 saturated carbocycles. The maximum absolute atomic E-state index is 13.2. The lowest BCUT2D eigenvalue weighted by Gasteiger charge is -2.16. The van der Waals surface area contributed by atoms with Crippen LogP contribution in [0.2, 0.25) is 0 Å². The van der Waals surface area contributed by atoms with Gasteiger partial charge in [-0.05, 0) is 60.0 Å². The topological polar surface area (TPSA) is 96.5 Å². The van der Waals surface area contributed by atoms with Crippen LogP contribution in [0.1, 0.15) is 27.1 Å². The van der Waals surface area contributed by atoms with Crippen LogP contribution in [-0.2, 0) is 14.3 Å². The van der Waals surface area contributed by atoms with Crippen LogP contribution >= 0.6 is 11.8 Å². The number of fused-ring (bicyclic) bond motifs is 1. The number of thioether (sulfide) groups is 1. The molecule has 7 nitrogen and oxygen atoms in total. The normalized spacial score (nSPS) is 15.5. The van der Waals surface area contributed by atoms with E-state index in [1.165, 1.54) is 23.1 Å². The number of Topliss-reactive ketones (excluding diaryl/α,β-unsaturated/α-hetero) is 1. The van der Waals surface area contributed by atoms with E-state index in [-0.39, 0.29) is 29.4 Å². The molecule has 1 saturated heterocycles. The quantitative estimate of drug-likeness (QED) is 0.222. The highest BCUT2D eigenvalue weighted by molar-refractivity contribution is 8.00. The summed E-state index contributed by atoms with van der Waals surface area (Å²) in [5, 5.41) is 0.251. The SMILES string of the molecule is O=C(COC(=O)c1ccccc1SC1CC(=O)N(c2ccc3cc[nH]c3c2)C1=O)c1ccc(F)cc1. The first-order valence-electron chi connectivity index (χ1n) is 11.1. The highest BCUT2D eigenvalue weighted by Gasteiger charge is 2.40. The van der Waals surface area contributed by atoms with Crippen molar-refractivity contribution in [2.45, 2.75) is 16.6 Å². The summed E-state index contributed by atoms with van der Waals surface area (Å²) in [7, 11) is 0. The fraction of sp³-hybridized carbons (Fsp3) is 0.111. The Bertz CT molecular complexity index is 1500. The Labute approximate surface area is 209 Å². The van der Waals surface area contributed by atoms with Crippen LogP contribution in [0.15, 0.2) is 83.9 Å². The Kier molecular flexibility index (Phi) is 6.39. The van der Waals surface area contributed by atoms with Crippen molar-refractivity contribution in [2.75, 3.05) is 11.5 Å². The zero-order valence-electron chi connectivity index (χ0n) is 18.8. The third-order valence-electron chi connectivity index (χ3n) is 5.78. The molecule has 1 unspecified atom stereocenters. The molecule has 1 N–H and O–H groups in total. The third kappa shape index (κ3) is 4.65. The minimum Gasteiger partial charge on any atom is -0.454 e. The number of halogens is 1. The number of hydrogen-bond donors (Lipinski definition) is 1. The molecule has 1 aliphatic rings. The maximum atomic E-state index is 13.2. The lowest BCUT2D eigenvalue weighted by Crippen LogP contribution is -2.31. The number of nitrogens with zero attached hydrogens (tertiary/aromatic N) is 1. The van der Waals surface area contributed by atoms with Crippen LogP contribution in [0.4, 0.5) is 10.1 Å². The second-order valence-corrected chi connectivity index (χ2v) is 9.37. The van der Waals surface area contributed by atoms with Crippen LogP contribution < -0.4 is 4.90 Å². The van der Waals surface area contributed by atoms with E-state index in [0.29, 0.717) is 10.6 Å². The van der Waals surface area contributed by atoms with Crippen LogP contribution in [0.3, 0.4) is 0 Å². The van der Waals surface area contributed by atoms with Gasteiger partial charge in [0, 0.05) is 28.6 Å². The number of ether oxygens (including phenoxy) is 1. The average Bonchev–Trinajstić information content (AvgIpc) is 3.46. The minimum absolute atomic E-state index is 0.0152. The Hall–Kier alpha value is -4.24. The van der Waals surface area contributed by atoms with E-state index in [1.807, 2.05) is 12.1 Å². The first-order chi connectivity index (χ1) is 17.4. The third-order valence-corrected chi connectivity index (χ3v) is 7.04. The molecule has 0 aliphatic carbocycles. The Morgan fingerprint density at radius 3 is 2.61 bits per heavy atom. The fourth-order valence-corrected chi connectivity index (χ4v) is 5.14. The van der Waals surface area contributed by atoms with E-state index in [1.54, 1.807) is 36.5 Å². The van der Waals surface area contributed by atoms with E-state index < -0.39 is 29.4 Å². The zero-order chi connectivity index (χ0) is 25.2. The number of ketones is 1. The lowest BCUT2D eigenvalue weighted by atomic mass is 10.1. The number of anilines is 1. The summed E-state index contributed by atoms with van der Waals surface area (Å²) < 4.78 is 18.3.